The van der Waals surface area contributed by atoms with Gasteiger partial charge < -0.3 is 10.1 Å². The zero-order valence-electron chi connectivity index (χ0n) is 15.1. The molecule has 1 N–H and O–H groups in total. The number of esters is 1. The summed E-state index contributed by atoms with van der Waals surface area (Å²) >= 11 is 0. The molecule has 0 saturated heterocycles. The number of ketones is 1. The number of rotatable bonds is 8. The molecular formula is C18H17F3N2O4S. The van der Waals surface area contributed by atoms with Crippen molar-refractivity contribution in [3.8, 4) is 0 Å². The highest BCUT2D eigenvalue weighted by atomic mass is 32.2. The van der Waals surface area contributed by atoms with E-state index in [1.54, 1.807) is 13.8 Å². The fourth-order valence-electron chi connectivity index (χ4n) is 2.23. The van der Waals surface area contributed by atoms with E-state index in [0.717, 1.165) is 18.2 Å². The third-order valence-corrected chi connectivity index (χ3v) is 4.76. The zero-order chi connectivity index (χ0) is 20.8. The first-order chi connectivity index (χ1) is 13.3. The first kappa shape index (κ1) is 21.5. The number of anilines is 2. The lowest BCUT2D eigenvalue weighted by molar-refractivity contribution is -0.141. The molecule has 0 fully saturated rings. The lowest BCUT2D eigenvalue weighted by Gasteiger charge is -2.13. The standard InChI is InChI=1S/C18H17F3N2O4S/c1-3-27-16(25)9-15(24)11-8-13(21)18(28(26)4-2)23-17(11)22-14-6-5-10(19)7-12(14)20/h5-8H,3-4,9H2,1-2H3,(H,22,23). The van der Waals surface area contributed by atoms with Gasteiger partial charge in [0, 0.05) is 11.8 Å². The van der Waals surface area contributed by atoms with Crippen LogP contribution in [0.1, 0.15) is 30.6 Å². The SMILES string of the molecule is CCOC(=O)CC(=O)c1cc(F)c(S(=O)CC)nc1Nc1ccc(F)cc1F. The van der Waals surface area contributed by atoms with Crippen LogP contribution in [-0.2, 0) is 20.3 Å². The predicted octanol–water partition coefficient (Wildman–Crippen LogP) is 3.51. The highest BCUT2D eigenvalue weighted by Crippen LogP contribution is 2.26. The van der Waals surface area contributed by atoms with Crippen molar-refractivity contribution in [2.24, 2.45) is 0 Å². The molecular weight excluding hydrogens is 397 g/mol. The van der Waals surface area contributed by atoms with E-state index in [9.17, 15) is 27.0 Å². The minimum atomic E-state index is -1.80. The Morgan fingerprint density at radius 1 is 1.14 bits per heavy atom. The number of nitrogens with zero attached hydrogens (tertiary/aromatic N) is 1. The first-order valence-corrected chi connectivity index (χ1v) is 9.58. The maximum absolute atomic E-state index is 14.3. The van der Waals surface area contributed by atoms with Crippen molar-refractivity contribution in [1.29, 1.82) is 0 Å². The Labute approximate surface area is 161 Å². The minimum Gasteiger partial charge on any atom is -0.466 e. The molecule has 6 nitrogen and oxygen atoms in total. The van der Waals surface area contributed by atoms with Crippen molar-refractivity contribution < 1.29 is 31.7 Å². The largest absolute Gasteiger partial charge is 0.466 e. The van der Waals surface area contributed by atoms with E-state index < -0.39 is 51.5 Å². The zero-order valence-corrected chi connectivity index (χ0v) is 15.9. The number of carbonyl (C=O) groups excluding carboxylic acids is 2. The summed E-state index contributed by atoms with van der Waals surface area (Å²) in [4.78, 5) is 27.8. The summed E-state index contributed by atoms with van der Waals surface area (Å²) in [6.07, 6.45) is -0.689. The molecule has 1 aromatic heterocycles. The van der Waals surface area contributed by atoms with Crippen LogP contribution in [-0.4, -0.2) is 33.3 Å². The average Bonchev–Trinajstić information content (AvgIpc) is 2.64. The molecule has 2 aromatic rings. The molecule has 1 atom stereocenters. The summed E-state index contributed by atoms with van der Waals surface area (Å²) in [5.41, 5.74) is -0.593. The summed E-state index contributed by atoms with van der Waals surface area (Å²) < 4.78 is 58.1. The van der Waals surface area contributed by atoms with Crippen molar-refractivity contribution in [3.63, 3.8) is 0 Å². The molecule has 0 aliphatic rings. The van der Waals surface area contributed by atoms with Gasteiger partial charge in [-0.2, -0.15) is 0 Å². The summed E-state index contributed by atoms with van der Waals surface area (Å²) in [7, 11) is -1.80. The highest BCUT2D eigenvalue weighted by Gasteiger charge is 2.23. The molecule has 0 aliphatic carbocycles. The van der Waals surface area contributed by atoms with Gasteiger partial charge in [-0.1, -0.05) is 6.92 Å². The van der Waals surface area contributed by atoms with E-state index >= 15 is 0 Å². The van der Waals surface area contributed by atoms with Gasteiger partial charge in [-0.15, -0.1) is 0 Å². The molecule has 1 heterocycles. The van der Waals surface area contributed by atoms with Gasteiger partial charge in [-0.25, -0.2) is 18.2 Å². The smallest absolute Gasteiger partial charge is 0.313 e. The van der Waals surface area contributed by atoms with Gasteiger partial charge >= 0.3 is 5.97 Å². The molecule has 1 unspecified atom stereocenters. The number of benzene rings is 1. The van der Waals surface area contributed by atoms with Gasteiger partial charge in [0.15, 0.2) is 16.6 Å². The summed E-state index contributed by atoms with van der Waals surface area (Å²) in [5.74, 6) is -4.70. The average molecular weight is 414 g/mol. The molecule has 0 spiro atoms. The van der Waals surface area contributed by atoms with E-state index in [4.69, 9.17) is 0 Å². The molecule has 0 radical (unpaired) electrons. The minimum absolute atomic E-state index is 0.0546. The van der Waals surface area contributed by atoms with Crippen LogP contribution in [0.5, 0.6) is 0 Å². The van der Waals surface area contributed by atoms with E-state index in [-0.39, 0.29) is 29.4 Å². The quantitative estimate of drug-likeness (QED) is 0.404. The Morgan fingerprint density at radius 2 is 1.86 bits per heavy atom. The second kappa shape index (κ2) is 9.45. The maximum Gasteiger partial charge on any atom is 0.313 e. The van der Waals surface area contributed by atoms with E-state index in [2.05, 4.69) is 15.0 Å². The lowest BCUT2D eigenvalue weighted by atomic mass is 10.1. The van der Waals surface area contributed by atoms with Crippen LogP contribution in [0.2, 0.25) is 0 Å². The van der Waals surface area contributed by atoms with Gasteiger partial charge in [0.1, 0.15) is 23.9 Å². The number of hydrogen-bond donors (Lipinski definition) is 1. The van der Waals surface area contributed by atoms with Crippen LogP contribution < -0.4 is 5.32 Å². The molecule has 0 aliphatic heterocycles. The molecule has 10 heteroatoms. The molecule has 0 amide bonds. The van der Waals surface area contributed by atoms with Crippen molar-refractivity contribution in [2.75, 3.05) is 17.7 Å². The highest BCUT2D eigenvalue weighted by molar-refractivity contribution is 7.84. The van der Waals surface area contributed by atoms with Crippen LogP contribution in [0.3, 0.4) is 0 Å². The monoisotopic (exact) mass is 414 g/mol. The predicted molar refractivity (Wildman–Crippen MR) is 96.4 cm³/mol. The summed E-state index contributed by atoms with van der Waals surface area (Å²) in [6.45, 7) is 3.16. The van der Waals surface area contributed by atoms with Crippen LogP contribution in [0.25, 0.3) is 0 Å². The van der Waals surface area contributed by atoms with Gasteiger partial charge in [-0.05, 0) is 25.1 Å². The maximum atomic E-state index is 14.3. The third kappa shape index (κ3) is 5.16. The molecule has 28 heavy (non-hydrogen) atoms. The van der Waals surface area contributed by atoms with Crippen molar-refractivity contribution in [2.45, 2.75) is 25.3 Å². The second-order valence-corrected chi connectivity index (χ2v) is 7.11. The van der Waals surface area contributed by atoms with Gasteiger partial charge in [0.2, 0.25) is 0 Å². The van der Waals surface area contributed by atoms with Gasteiger partial charge in [0.25, 0.3) is 0 Å². The fourth-order valence-corrected chi connectivity index (χ4v) is 2.98. The Hall–Kier alpha value is -2.75. The number of ether oxygens (including phenoxy) is 1. The molecule has 0 saturated carbocycles. The number of carbonyl (C=O) groups is 2. The number of aromatic nitrogens is 1. The van der Waals surface area contributed by atoms with Crippen LogP contribution in [0.4, 0.5) is 24.7 Å². The molecule has 0 bridgehead atoms. The van der Waals surface area contributed by atoms with Crippen molar-refractivity contribution in [1.82, 2.24) is 4.98 Å². The van der Waals surface area contributed by atoms with E-state index in [0.29, 0.717) is 6.07 Å². The number of nitrogens with one attached hydrogen (secondary N) is 1. The first-order valence-electron chi connectivity index (χ1n) is 8.26. The molecule has 2 rings (SSSR count). The second-order valence-electron chi connectivity index (χ2n) is 5.46. The Balaban J connectivity index is 2.50. The summed E-state index contributed by atoms with van der Waals surface area (Å²) in [5, 5.41) is 2.04. The number of pyridine rings is 1. The number of halogens is 3. The van der Waals surface area contributed by atoms with Crippen molar-refractivity contribution in [3.05, 3.63) is 47.3 Å². The third-order valence-electron chi connectivity index (χ3n) is 3.52. The van der Waals surface area contributed by atoms with E-state index in [1.807, 2.05) is 0 Å². The topological polar surface area (TPSA) is 85.4 Å². The molecule has 1 aromatic carbocycles. The lowest BCUT2D eigenvalue weighted by Crippen LogP contribution is -2.15. The van der Waals surface area contributed by atoms with Crippen LogP contribution in [0, 0.1) is 17.5 Å². The fraction of sp³-hybridized carbons (Fsp3) is 0.278. The van der Waals surface area contributed by atoms with Gasteiger partial charge in [-0.3, -0.25) is 13.8 Å². The Kier molecular flexibility index (Phi) is 7.27. The normalized spacial score (nSPS) is 11.8. The summed E-state index contributed by atoms with van der Waals surface area (Å²) in [6, 6.07) is 3.42. The van der Waals surface area contributed by atoms with Crippen LogP contribution >= 0.6 is 0 Å². The number of Topliss-reactive ketones (excluding diaryl/α,β-unsaturated/α-hetero) is 1. The Bertz CT molecular complexity index is 937. The van der Waals surface area contributed by atoms with Crippen molar-refractivity contribution >= 4 is 34.1 Å². The number of hydrogen-bond acceptors (Lipinski definition) is 6. The van der Waals surface area contributed by atoms with Gasteiger partial charge in [0.05, 0.1) is 28.7 Å². The van der Waals surface area contributed by atoms with Crippen LogP contribution in [0.15, 0.2) is 29.3 Å². The Morgan fingerprint density at radius 3 is 2.46 bits per heavy atom. The molecule has 150 valence electrons. The van der Waals surface area contributed by atoms with E-state index in [1.165, 1.54) is 0 Å².